The normalized spacial score (nSPS) is 11.1. The first-order valence-corrected chi connectivity index (χ1v) is 10.3. The molecule has 2 heterocycles. The fourth-order valence-electron chi connectivity index (χ4n) is 3.04. The monoisotopic (exact) mass is 424 g/mol. The first kappa shape index (κ1) is 19.5. The van der Waals surface area contributed by atoms with Gasteiger partial charge in [0.2, 0.25) is 0 Å². The van der Waals surface area contributed by atoms with Crippen LogP contribution in [0, 0.1) is 6.92 Å². The summed E-state index contributed by atoms with van der Waals surface area (Å²) in [7, 11) is 0. The summed E-state index contributed by atoms with van der Waals surface area (Å²) < 4.78 is 6.78. The first-order valence-electron chi connectivity index (χ1n) is 8.96. The summed E-state index contributed by atoms with van der Waals surface area (Å²) in [6, 6.07) is 16.6. The van der Waals surface area contributed by atoms with Crippen molar-refractivity contribution >= 4 is 45.8 Å². The van der Waals surface area contributed by atoms with Gasteiger partial charge in [0, 0.05) is 27.6 Å². The maximum absolute atomic E-state index is 12.2. The highest BCUT2D eigenvalue weighted by atomic mass is 35.5. The number of rotatable bonds is 5. The number of thioether (sulfide) groups is 1. The Morgan fingerprint density at radius 3 is 2.79 bits per heavy atom. The summed E-state index contributed by atoms with van der Waals surface area (Å²) in [5.74, 6) is -0.249. The van der Waals surface area contributed by atoms with Crippen LogP contribution in [0.3, 0.4) is 0 Å². The van der Waals surface area contributed by atoms with Gasteiger partial charge in [-0.15, -0.1) is 11.8 Å². The summed E-state index contributed by atoms with van der Waals surface area (Å²) >= 11 is 7.69. The Morgan fingerprint density at radius 1 is 1.17 bits per heavy atom. The molecule has 0 fully saturated rings. The van der Waals surface area contributed by atoms with Gasteiger partial charge in [0.05, 0.1) is 11.4 Å². The zero-order valence-electron chi connectivity index (χ0n) is 15.6. The molecule has 7 heteroatoms. The summed E-state index contributed by atoms with van der Waals surface area (Å²) in [4.78, 5) is 29.7. The number of benzene rings is 2. The lowest BCUT2D eigenvalue weighted by Gasteiger charge is -2.09. The number of ether oxygens (including phenoxy) is 1. The highest BCUT2D eigenvalue weighted by Gasteiger charge is 2.11. The molecule has 2 aromatic heterocycles. The van der Waals surface area contributed by atoms with Crippen LogP contribution in [0.2, 0.25) is 5.02 Å². The van der Waals surface area contributed by atoms with Gasteiger partial charge in [-0.25, -0.2) is 4.98 Å². The van der Waals surface area contributed by atoms with Crippen molar-refractivity contribution < 1.29 is 9.53 Å². The van der Waals surface area contributed by atoms with Gasteiger partial charge in [-0.05, 0) is 42.1 Å². The SMILES string of the molecule is Cc1ccn2c(=O)cc(COC(=O)CSc3cccc4cccc(Cl)c34)nc2c1. The van der Waals surface area contributed by atoms with Crippen molar-refractivity contribution in [3.05, 3.63) is 87.4 Å². The van der Waals surface area contributed by atoms with E-state index in [4.69, 9.17) is 16.3 Å². The summed E-state index contributed by atoms with van der Waals surface area (Å²) in [6.45, 7) is 1.88. The standard InChI is InChI=1S/C22H17ClN2O3S/c1-14-8-9-25-19(10-14)24-16(11-20(25)26)12-28-21(27)13-29-18-7-3-5-15-4-2-6-17(23)22(15)18/h2-11H,12-13H2,1H3. The molecule has 0 radical (unpaired) electrons. The molecular formula is C22H17ClN2O3S. The zero-order valence-corrected chi connectivity index (χ0v) is 17.2. The van der Waals surface area contributed by atoms with E-state index in [9.17, 15) is 9.59 Å². The van der Waals surface area contributed by atoms with Gasteiger partial charge in [-0.2, -0.15) is 0 Å². The Balaban J connectivity index is 1.44. The topological polar surface area (TPSA) is 60.7 Å². The van der Waals surface area contributed by atoms with Crippen LogP contribution < -0.4 is 5.56 Å². The number of hydrogen-bond donors (Lipinski definition) is 0. The quantitative estimate of drug-likeness (QED) is 0.345. The summed E-state index contributed by atoms with van der Waals surface area (Å²) in [5, 5.41) is 2.59. The van der Waals surface area contributed by atoms with Crippen LogP contribution in [0.4, 0.5) is 0 Å². The van der Waals surface area contributed by atoms with Crippen LogP contribution in [-0.4, -0.2) is 21.1 Å². The number of aryl methyl sites for hydroxylation is 1. The van der Waals surface area contributed by atoms with E-state index in [1.165, 1.54) is 22.2 Å². The number of aromatic nitrogens is 2. The minimum absolute atomic E-state index is 0.0463. The molecule has 0 saturated carbocycles. The molecule has 0 spiro atoms. The third-order valence-electron chi connectivity index (χ3n) is 4.42. The van der Waals surface area contributed by atoms with E-state index in [1.807, 2.05) is 55.5 Å². The molecule has 4 rings (SSSR count). The fourth-order valence-corrected chi connectivity index (χ4v) is 4.29. The number of hydrogen-bond acceptors (Lipinski definition) is 5. The van der Waals surface area contributed by atoms with E-state index in [2.05, 4.69) is 4.98 Å². The van der Waals surface area contributed by atoms with Crippen molar-refractivity contribution in [1.29, 1.82) is 0 Å². The summed E-state index contributed by atoms with van der Waals surface area (Å²) in [5.41, 5.74) is 1.74. The fraction of sp³-hybridized carbons (Fsp3) is 0.136. The van der Waals surface area contributed by atoms with E-state index in [-0.39, 0.29) is 23.9 Å². The Kier molecular flexibility index (Phi) is 5.56. The Morgan fingerprint density at radius 2 is 1.97 bits per heavy atom. The summed E-state index contributed by atoms with van der Waals surface area (Å²) in [6.07, 6.45) is 1.68. The third-order valence-corrected chi connectivity index (χ3v) is 5.76. The third kappa shape index (κ3) is 4.28. The van der Waals surface area contributed by atoms with Gasteiger partial charge in [-0.1, -0.05) is 35.9 Å². The minimum atomic E-state index is -0.384. The highest BCUT2D eigenvalue weighted by molar-refractivity contribution is 8.00. The molecule has 0 bridgehead atoms. The van der Waals surface area contributed by atoms with Crippen LogP contribution in [0.1, 0.15) is 11.3 Å². The maximum Gasteiger partial charge on any atom is 0.316 e. The lowest BCUT2D eigenvalue weighted by molar-refractivity contribution is -0.141. The number of halogens is 1. The molecule has 0 atom stereocenters. The van der Waals surface area contributed by atoms with Gasteiger partial charge >= 0.3 is 5.97 Å². The largest absolute Gasteiger partial charge is 0.459 e. The molecule has 0 saturated heterocycles. The van der Waals surface area contributed by atoms with Crippen molar-refractivity contribution in [2.45, 2.75) is 18.4 Å². The second kappa shape index (κ2) is 8.27. The molecule has 5 nitrogen and oxygen atoms in total. The molecule has 0 N–H and O–H groups in total. The van der Waals surface area contributed by atoms with Crippen LogP contribution >= 0.6 is 23.4 Å². The Bertz CT molecular complexity index is 1280. The van der Waals surface area contributed by atoms with Crippen LogP contribution in [0.15, 0.2) is 70.5 Å². The average Bonchev–Trinajstić information content (AvgIpc) is 2.70. The van der Waals surface area contributed by atoms with Gasteiger partial charge < -0.3 is 4.74 Å². The van der Waals surface area contributed by atoms with Gasteiger partial charge in [0.25, 0.3) is 5.56 Å². The van der Waals surface area contributed by atoms with Crippen molar-refractivity contribution in [2.24, 2.45) is 0 Å². The van der Waals surface area contributed by atoms with Gasteiger partial charge in [0.1, 0.15) is 12.3 Å². The lowest BCUT2D eigenvalue weighted by atomic mass is 10.1. The maximum atomic E-state index is 12.2. The molecule has 0 aliphatic carbocycles. The van der Waals surface area contributed by atoms with Crippen LogP contribution in [0.25, 0.3) is 16.4 Å². The molecule has 29 heavy (non-hydrogen) atoms. The molecule has 0 aliphatic heterocycles. The average molecular weight is 425 g/mol. The molecule has 0 amide bonds. The van der Waals surface area contributed by atoms with E-state index in [0.29, 0.717) is 16.4 Å². The number of nitrogens with zero attached hydrogens (tertiary/aromatic N) is 2. The first-order chi connectivity index (χ1) is 14.0. The predicted octanol–water partition coefficient (Wildman–Crippen LogP) is 4.65. The van der Waals surface area contributed by atoms with Crippen molar-refractivity contribution in [2.75, 3.05) is 5.75 Å². The Hall–Kier alpha value is -2.83. The van der Waals surface area contributed by atoms with Gasteiger partial charge in [0.15, 0.2) is 0 Å². The number of pyridine rings is 1. The van der Waals surface area contributed by atoms with Crippen molar-refractivity contribution in [3.8, 4) is 0 Å². The molecule has 0 aliphatic rings. The molecule has 4 aromatic rings. The molecule has 146 valence electrons. The predicted molar refractivity (Wildman–Crippen MR) is 116 cm³/mol. The minimum Gasteiger partial charge on any atom is -0.459 e. The van der Waals surface area contributed by atoms with E-state index < -0.39 is 0 Å². The number of esters is 1. The lowest BCUT2D eigenvalue weighted by Crippen LogP contribution is -2.17. The molecule has 0 unspecified atom stereocenters. The molecule has 2 aromatic carbocycles. The van der Waals surface area contributed by atoms with Crippen molar-refractivity contribution in [1.82, 2.24) is 9.38 Å². The van der Waals surface area contributed by atoms with Crippen LogP contribution in [0.5, 0.6) is 0 Å². The van der Waals surface area contributed by atoms with Crippen molar-refractivity contribution in [3.63, 3.8) is 0 Å². The number of carbonyl (C=O) groups is 1. The highest BCUT2D eigenvalue weighted by Crippen LogP contribution is 2.33. The number of carbonyl (C=O) groups excluding carboxylic acids is 1. The number of fused-ring (bicyclic) bond motifs is 2. The second-order valence-corrected chi connectivity index (χ2v) is 7.99. The van der Waals surface area contributed by atoms with Crippen LogP contribution in [-0.2, 0) is 16.1 Å². The van der Waals surface area contributed by atoms with E-state index in [1.54, 1.807) is 6.20 Å². The zero-order chi connectivity index (χ0) is 20.4. The second-order valence-electron chi connectivity index (χ2n) is 6.56. The Labute approximate surface area is 176 Å². The molecular weight excluding hydrogens is 408 g/mol. The van der Waals surface area contributed by atoms with Gasteiger partial charge in [-0.3, -0.25) is 14.0 Å². The van der Waals surface area contributed by atoms with E-state index in [0.717, 1.165) is 21.2 Å². The van der Waals surface area contributed by atoms with E-state index >= 15 is 0 Å². The smallest absolute Gasteiger partial charge is 0.316 e.